The Labute approximate surface area is 247 Å². The van der Waals surface area contributed by atoms with Crippen molar-refractivity contribution in [3.63, 3.8) is 0 Å². The number of nitrogens with zero attached hydrogens (tertiary/aromatic N) is 4. The SMILES string of the molecule is CCN1CCCCCC(=O)N2CCN(CC2)c2cccc3c2/C(=C/Nc2cccc(c2)S(=O)(=O)N(C)CC1=O)C(=O)N3. The van der Waals surface area contributed by atoms with E-state index in [1.54, 1.807) is 23.2 Å². The van der Waals surface area contributed by atoms with Crippen LogP contribution in [0.5, 0.6) is 0 Å². The highest BCUT2D eigenvalue weighted by atomic mass is 32.2. The molecule has 0 spiro atoms. The van der Waals surface area contributed by atoms with Gasteiger partial charge in [-0.2, -0.15) is 4.31 Å². The molecule has 1 fully saturated rings. The first kappa shape index (κ1) is 29.6. The molecule has 224 valence electrons. The fourth-order valence-electron chi connectivity index (χ4n) is 5.66. The molecule has 2 aromatic carbocycles. The van der Waals surface area contributed by atoms with Crippen LogP contribution in [-0.4, -0.2) is 93.1 Å². The van der Waals surface area contributed by atoms with Crippen LogP contribution in [0.25, 0.3) is 5.57 Å². The zero-order valence-electron chi connectivity index (χ0n) is 24.1. The zero-order valence-corrected chi connectivity index (χ0v) is 25.0. The number of sulfonamides is 1. The van der Waals surface area contributed by atoms with E-state index in [0.717, 1.165) is 34.8 Å². The molecule has 4 bridgehead atoms. The van der Waals surface area contributed by atoms with E-state index in [-0.39, 0.29) is 29.2 Å². The van der Waals surface area contributed by atoms with Crippen molar-refractivity contribution in [3.05, 3.63) is 54.2 Å². The smallest absolute Gasteiger partial charge is 0.257 e. The molecule has 4 aliphatic rings. The van der Waals surface area contributed by atoms with Crippen LogP contribution in [0.4, 0.5) is 17.1 Å². The molecule has 42 heavy (non-hydrogen) atoms. The van der Waals surface area contributed by atoms with Crippen LogP contribution in [-0.2, 0) is 24.4 Å². The quantitative estimate of drug-likeness (QED) is 0.521. The van der Waals surface area contributed by atoms with Gasteiger partial charge in [-0.15, -0.1) is 0 Å². The highest BCUT2D eigenvalue weighted by Crippen LogP contribution is 2.39. The fraction of sp³-hybridized carbons (Fsp3) is 0.433. The number of amides is 3. The molecule has 0 radical (unpaired) electrons. The van der Waals surface area contributed by atoms with E-state index >= 15 is 0 Å². The lowest BCUT2D eigenvalue weighted by atomic mass is 10.0. The molecule has 0 saturated carbocycles. The molecule has 2 aromatic rings. The van der Waals surface area contributed by atoms with E-state index in [1.807, 2.05) is 30.0 Å². The van der Waals surface area contributed by atoms with E-state index in [2.05, 4.69) is 15.5 Å². The van der Waals surface area contributed by atoms with Gasteiger partial charge in [0.25, 0.3) is 5.91 Å². The molecular formula is C30H38N6O5S. The number of carbonyl (C=O) groups excluding carboxylic acids is 3. The van der Waals surface area contributed by atoms with Crippen LogP contribution in [0.1, 0.15) is 38.2 Å². The van der Waals surface area contributed by atoms with Gasteiger partial charge in [-0.3, -0.25) is 14.4 Å². The normalized spacial score (nSPS) is 21.8. The Morgan fingerprint density at radius 1 is 0.857 bits per heavy atom. The lowest BCUT2D eigenvalue weighted by molar-refractivity contribution is -0.132. The number of likely N-dealkylation sites (N-methyl/N-ethyl adjacent to an activating group) is 2. The third kappa shape index (κ3) is 6.14. The summed E-state index contributed by atoms with van der Waals surface area (Å²) in [5.74, 6) is -0.395. The summed E-state index contributed by atoms with van der Waals surface area (Å²) < 4.78 is 27.8. The highest BCUT2D eigenvalue weighted by Gasteiger charge is 2.31. The first-order valence-corrected chi connectivity index (χ1v) is 15.9. The molecule has 6 rings (SSSR count). The molecule has 0 unspecified atom stereocenters. The average molecular weight is 595 g/mol. The van der Waals surface area contributed by atoms with Crippen molar-refractivity contribution in [3.8, 4) is 0 Å². The summed E-state index contributed by atoms with van der Waals surface area (Å²) in [6.45, 7) is 5.10. The average Bonchev–Trinajstić information content (AvgIpc) is 3.32. The third-order valence-corrected chi connectivity index (χ3v) is 9.91. The number of rotatable bonds is 1. The maximum absolute atomic E-state index is 13.4. The van der Waals surface area contributed by atoms with Gasteiger partial charge in [-0.1, -0.05) is 18.6 Å². The van der Waals surface area contributed by atoms with E-state index in [0.29, 0.717) is 62.6 Å². The van der Waals surface area contributed by atoms with Crippen LogP contribution in [0, 0.1) is 0 Å². The van der Waals surface area contributed by atoms with Crippen molar-refractivity contribution in [2.75, 3.05) is 68.4 Å². The van der Waals surface area contributed by atoms with E-state index in [9.17, 15) is 22.8 Å². The third-order valence-electron chi connectivity index (χ3n) is 8.11. The zero-order chi connectivity index (χ0) is 29.9. The molecule has 12 heteroatoms. The van der Waals surface area contributed by atoms with Crippen molar-refractivity contribution in [2.24, 2.45) is 0 Å². The van der Waals surface area contributed by atoms with Gasteiger partial charge in [0.1, 0.15) is 0 Å². The van der Waals surface area contributed by atoms with E-state index in [1.165, 1.54) is 19.2 Å². The number of fused-ring (bicyclic) bond motifs is 13. The van der Waals surface area contributed by atoms with Gasteiger partial charge in [-0.25, -0.2) is 8.42 Å². The van der Waals surface area contributed by atoms with Crippen molar-refractivity contribution >= 4 is 50.4 Å². The summed E-state index contributed by atoms with van der Waals surface area (Å²) in [5, 5.41) is 6.03. The fourth-order valence-corrected chi connectivity index (χ4v) is 6.83. The summed E-state index contributed by atoms with van der Waals surface area (Å²) in [6, 6.07) is 12.1. The minimum atomic E-state index is -3.95. The number of hydrogen-bond donors (Lipinski definition) is 2. The number of anilines is 3. The molecule has 0 aliphatic carbocycles. The highest BCUT2D eigenvalue weighted by molar-refractivity contribution is 7.89. The molecular weight excluding hydrogens is 556 g/mol. The van der Waals surface area contributed by atoms with Gasteiger partial charge in [0.15, 0.2) is 0 Å². The van der Waals surface area contributed by atoms with E-state index < -0.39 is 10.0 Å². The molecule has 2 N–H and O–H groups in total. The van der Waals surface area contributed by atoms with Crippen LogP contribution >= 0.6 is 0 Å². The Morgan fingerprint density at radius 2 is 1.60 bits per heavy atom. The summed E-state index contributed by atoms with van der Waals surface area (Å²) in [7, 11) is -2.55. The molecule has 4 aliphatic heterocycles. The number of benzene rings is 2. The second kappa shape index (κ2) is 12.5. The van der Waals surface area contributed by atoms with Crippen molar-refractivity contribution in [1.82, 2.24) is 14.1 Å². The van der Waals surface area contributed by atoms with Crippen LogP contribution < -0.4 is 15.5 Å². The summed E-state index contributed by atoms with van der Waals surface area (Å²) in [6.07, 6.45) is 4.33. The number of carbonyl (C=O) groups is 3. The van der Waals surface area contributed by atoms with Gasteiger partial charge in [-0.05, 0) is 50.1 Å². The van der Waals surface area contributed by atoms with Gasteiger partial charge in [0.05, 0.1) is 22.7 Å². The minimum absolute atomic E-state index is 0.0436. The number of hydrogen-bond acceptors (Lipinski definition) is 7. The van der Waals surface area contributed by atoms with Crippen LogP contribution in [0.15, 0.2) is 53.6 Å². The second-order valence-corrected chi connectivity index (χ2v) is 12.8. The second-order valence-electron chi connectivity index (χ2n) is 10.8. The largest absolute Gasteiger partial charge is 0.367 e. The predicted molar refractivity (Wildman–Crippen MR) is 162 cm³/mol. The topological polar surface area (TPSA) is 122 Å². The Bertz CT molecular complexity index is 1500. The first-order chi connectivity index (χ1) is 20.2. The number of nitrogens with one attached hydrogen (secondary N) is 2. The summed E-state index contributed by atoms with van der Waals surface area (Å²) in [5.41, 5.74) is 3.32. The van der Waals surface area contributed by atoms with Gasteiger partial charge in [0, 0.05) is 75.9 Å². The lowest BCUT2D eigenvalue weighted by Crippen LogP contribution is -2.49. The molecule has 11 nitrogen and oxygen atoms in total. The molecule has 3 amide bonds. The molecule has 0 atom stereocenters. The molecule has 0 aromatic heterocycles. The maximum Gasteiger partial charge on any atom is 0.257 e. The molecule has 1 saturated heterocycles. The monoisotopic (exact) mass is 594 g/mol. The Balaban J connectivity index is 1.47. The van der Waals surface area contributed by atoms with Gasteiger partial charge < -0.3 is 25.3 Å². The van der Waals surface area contributed by atoms with Crippen molar-refractivity contribution < 1.29 is 22.8 Å². The standard InChI is InChI=1S/C30H38N6O5S/c1-3-34-14-6-4-5-13-27(37)36-17-15-35(16-18-36)26-12-8-11-25-29(26)24(30(39)32-25)20-31-22-9-7-10-23(19-22)42(40,41)33(2)21-28(34)38/h7-12,19-20,31H,3-6,13-18,21H2,1-2H3,(H,32,39)/b24-20-. The predicted octanol–water partition coefficient (Wildman–Crippen LogP) is 2.78. The van der Waals surface area contributed by atoms with Crippen LogP contribution in [0.3, 0.4) is 0 Å². The Kier molecular flexibility index (Phi) is 8.83. The van der Waals surface area contributed by atoms with Crippen molar-refractivity contribution in [1.29, 1.82) is 0 Å². The lowest BCUT2D eigenvalue weighted by Gasteiger charge is -2.37. The first-order valence-electron chi connectivity index (χ1n) is 14.5. The van der Waals surface area contributed by atoms with E-state index in [4.69, 9.17) is 0 Å². The summed E-state index contributed by atoms with van der Waals surface area (Å²) in [4.78, 5) is 44.7. The maximum atomic E-state index is 13.4. The molecule has 4 heterocycles. The van der Waals surface area contributed by atoms with Gasteiger partial charge in [0.2, 0.25) is 21.8 Å². The van der Waals surface area contributed by atoms with Gasteiger partial charge >= 0.3 is 0 Å². The Hall–Kier alpha value is -3.90. The summed E-state index contributed by atoms with van der Waals surface area (Å²) >= 11 is 0. The number of piperazine rings is 1. The van der Waals surface area contributed by atoms with Crippen molar-refractivity contribution in [2.45, 2.75) is 37.5 Å². The minimum Gasteiger partial charge on any atom is -0.367 e. The Morgan fingerprint density at radius 3 is 2.36 bits per heavy atom. The van der Waals surface area contributed by atoms with Crippen LogP contribution in [0.2, 0.25) is 0 Å².